The highest BCUT2D eigenvalue weighted by atomic mass is 16.6. The first-order valence-electron chi connectivity index (χ1n) is 6.55. The zero-order chi connectivity index (χ0) is 13.4. The van der Waals surface area contributed by atoms with E-state index in [1.54, 1.807) is 18.2 Å². The summed E-state index contributed by atoms with van der Waals surface area (Å²) in [6, 6.07) is 6.53. The maximum Gasteiger partial charge on any atom is 0.310 e. The molecule has 0 saturated heterocycles. The van der Waals surface area contributed by atoms with Crippen molar-refractivity contribution >= 4 is 5.69 Å². The lowest BCUT2D eigenvalue weighted by Gasteiger charge is -2.14. The molecule has 18 heavy (non-hydrogen) atoms. The maximum atomic E-state index is 10.8. The highest BCUT2D eigenvalue weighted by Crippen LogP contribution is 2.27. The molecule has 1 aromatic rings. The Kier molecular flexibility index (Phi) is 6.19. The number of rotatable bonds is 8. The summed E-state index contributed by atoms with van der Waals surface area (Å²) >= 11 is 0. The van der Waals surface area contributed by atoms with Crippen molar-refractivity contribution in [1.82, 2.24) is 0 Å². The molecule has 0 heterocycles. The second kappa shape index (κ2) is 7.69. The molecular weight excluding hydrogens is 230 g/mol. The van der Waals surface area contributed by atoms with Crippen LogP contribution in [0.25, 0.3) is 0 Å². The monoisotopic (exact) mass is 251 g/mol. The summed E-state index contributed by atoms with van der Waals surface area (Å²) in [5, 5.41) is 10.8. The fourth-order valence-electron chi connectivity index (χ4n) is 1.84. The molecule has 0 amide bonds. The number of nitro groups is 1. The van der Waals surface area contributed by atoms with E-state index in [-0.39, 0.29) is 11.8 Å². The summed E-state index contributed by atoms with van der Waals surface area (Å²) in [7, 11) is 0. The van der Waals surface area contributed by atoms with Gasteiger partial charge in [-0.2, -0.15) is 0 Å². The highest BCUT2D eigenvalue weighted by Gasteiger charge is 2.15. The van der Waals surface area contributed by atoms with Crippen LogP contribution in [0.15, 0.2) is 24.3 Å². The quantitative estimate of drug-likeness (QED) is 0.392. The molecule has 0 bridgehead atoms. The number of para-hydroxylation sites is 2. The first kappa shape index (κ1) is 14.5. The zero-order valence-corrected chi connectivity index (χ0v) is 11.1. The molecule has 1 aromatic carbocycles. The maximum absolute atomic E-state index is 10.8. The molecule has 0 fully saturated rings. The Bertz CT molecular complexity index is 379. The lowest BCUT2D eigenvalue weighted by molar-refractivity contribution is -0.386. The van der Waals surface area contributed by atoms with Crippen LogP contribution in [0.3, 0.4) is 0 Å². The average molecular weight is 251 g/mol. The molecule has 0 unspecified atom stereocenters. The molecular formula is C14H21NO3. The fourth-order valence-corrected chi connectivity index (χ4v) is 1.84. The van der Waals surface area contributed by atoms with Crippen LogP contribution >= 0.6 is 0 Å². The lowest BCUT2D eigenvalue weighted by atomic mass is 10.1. The first-order chi connectivity index (χ1) is 8.65. The molecule has 0 spiro atoms. The van der Waals surface area contributed by atoms with Crippen molar-refractivity contribution in [3.05, 3.63) is 34.4 Å². The highest BCUT2D eigenvalue weighted by molar-refractivity contribution is 5.45. The molecule has 4 nitrogen and oxygen atoms in total. The molecule has 0 saturated carbocycles. The van der Waals surface area contributed by atoms with Crippen molar-refractivity contribution in [1.29, 1.82) is 0 Å². The standard InChI is InChI=1S/C14H21NO3/c1-3-4-5-6-9-12(2)18-14-11-8-7-10-13(14)15(16)17/h7-8,10-12H,3-6,9H2,1-2H3/t12-/m0/s1. The van der Waals surface area contributed by atoms with E-state index in [2.05, 4.69) is 6.92 Å². The van der Waals surface area contributed by atoms with Crippen LogP contribution in [0.5, 0.6) is 5.75 Å². The summed E-state index contributed by atoms with van der Waals surface area (Å²) in [6.07, 6.45) is 5.70. The van der Waals surface area contributed by atoms with E-state index >= 15 is 0 Å². The van der Waals surface area contributed by atoms with Crippen molar-refractivity contribution in [3.8, 4) is 5.75 Å². The van der Waals surface area contributed by atoms with Gasteiger partial charge >= 0.3 is 5.69 Å². The molecule has 1 rings (SSSR count). The summed E-state index contributed by atoms with van der Waals surface area (Å²) in [5.74, 6) is 0.366. The molecule has 0 aromatic heterocycles. The van der Waals surface area contributed by atoms with E-state index in [0.29, 0.717) is 5.75 Å². The van der Waals surface area contributed by atoms with Gasteiger partial charge in [-0.25, -0.2) is 0 Å². The zero-order valence-electron chi connectivity index (χ0n) is 11.1. The Morgan fingerprint density at radius 2 is 2.00 bits per heavy atom. The Labute approximate surface area is 108 Å². The second-order valence-corrected chi connectivity index (χ2v) is 4.50. The van der Waals surface area contributed by atoms with Crippen LogP contribution in [0.4, 0.5) is 5.69 Å². The van der Waals surface area contributed by atoms with Crippen LogP contribution in [0.2, 0.25) is 0 Å². The number of ether oxygens (including phenoxy) is 1. The van der Waals surface area contributed by atoms with Crippen LogP contribution in [-0.4, -0.2) is 11.0 Å². The topological polar surface area (TPSA) is 52.4 Å². The minimum atomic E-state index is -0.404. The Balaban J connectivity index is 2.48. The van der Waals surface area contributed by atoms with E-state index < -0.39 is 4.92 Å². The van der Waals surface area contributed by atoms with Crippen molar-refractivity contribution in [3.63, 3.8) is 0 Å². The summed E-state index contributed by atoms with van der Waals surface area (Å²) in [6.45, 7) is 4.13. The largest absolute Gasteiger partial charge is 0.484 e. The lowest BCUT2D eigenvalue weighted by Crippen LogP contribution is -2.12. The van der Waals surface area contributed by atoms with Gasteiger partial charge in [0.1, 0.15) is 0 Å². The minimum Gasteiger partial charge on any atom is -0.484 e. The van der Waals surface area contributed by atoms with Gasteiger partial charge in [-0.05, 0) is 25.8 Å². The Hall–Kier alpha value is -1.58. The van der Waals surface area contributed by atoms with Crippen LogP contribution in [0, 0.1) is 10.1 Å². The summed E-state index contributed by atoms with van der Waals surface area (Å²) in [4.78, 5) is 10.4. The fraction of sp³-hybridized carbons (Fsp3) is 0.571. The second-order valence-electron chi connectivity index (χ2n) is 4.50. The number of hydrogen-bond acceptors (Lipinski definition) is 3. The third-order valence-electron chi connectivity index (χ3n) is 2.85. The van der Waals surface area contributed by atoms with Gasteiger partial charge in [0.25, 0.3) is 0 Å². The normalized spacial score (nSPS) is 12.1. The van der Waals surface area contributed by atoms with Gasteiger partial charge in [0, 0.05) is 6.07 Å². The van der Waals surface area contributed by atoms with Crippen LogP contribution < -0.4 is 4.74 Å². The van der Waals surface area contributed by atoms with Gasteiger partial charge in [0.15, 0.2) is 5.75 Å². The molecule has 1 atom stereocenters. The SMILES string of the molecule is CCCCCC[C@H](C)Oc1ccccc1[N+](=O)[O-]. The van der Waals surface area contributed by atoms with E-state index in [0.717, 1.165) is 12.8 Å². The molecule has 0 aliphatic carbocycles. The minimum absolute atomic E-state index is 0.0166. The van der Waals surface area contributed by atoms with E-state index in [1.165, 1.54) is 25.3 Å². The molecule has 0 aliphatic heterocycles. The molecule has 0 N–H and O–H groups in total. The first-order valence-corrected chi connectivity index (χ1v) is 6.55. The van der Waals surface area contributed by atoms with Crippen molar-refractivity contribution in [2.45, 2.75) is 52.1 Å². The Morgan fingerprint density at radius 1 is 1.28 bits per heavy atom. The van der Waals surface area contributed by atoms with Gasteiger partial charge in [0.2, 0.25) is 0 Å². The van der Waals surface area contributed by atoms with Gasteiger partial charge in [-0.15, -0.1) is 0 Å². The van der Waals surface area contributed by atoms with E-state index in [1.807, 2.05) is 6.92 Å². The molecule has 0 radical (unpaired) electrons. The number of benzene rings is 1. The van der Waals surface area contributed by atoms with Gasteiger partial charge in [0.05, 0.1) is 11.0 Å². The summed E-state index contributed by atoms with van der Waals surface area (Å²) < 4.78 is 5.65. The number of nitrogens with zero attached hydrogens (tertiary/aromatic N) is 1. The van der Waals surface area contributed by atoms with Crippen LogP contribution in [-0.2, 0) is 0 Å². The molecule has 0 aliphatic rings. The van der Waals surface area contributed by atoms with Gasteiger partial charge in [-0.3, -0.25) is 10.1 Å². The predicted molar refractivity (Wildman–Crippen MR) is 71.9 cm³/mol. The van der Waals surface area contributed by atoms with Crippen molar-refractivity contribution < 1.29 is 9.66 Å². The van der Waals surface area contributed by atoms with E-state index in [4.69, 9.17) is 4.74 Å². The predicted octanol–water partition coefficient (Wildman–Crippen LogP) is 4.33. The Morgan fingerprint density at radius 3 is 2.67 bits per heavy atom. The third kappa shape index (κ3) is 4.73. The number of nitro benzene ring substituents is 1. The number of unbranched alkanes of at least 4 members (excludes halogenated alkanes) is 3. The number of hydrogen-bond donors (Lipinski definition) is 0. The van der Waals surface area contributed by atoms with Crippen molar-refractivity contribution in [2.24, 2.45) is 0 Å². The van der Waals surface area contributed by atoms with Gasteiger partial charge in [-0.1, -0.05) is 38.3 Å². The molecule has 4 heteroatoms. The van der Waals surface area contributed by atoms with E-state index in [9.17, 15) is 10.1 Å². The third-order valence-corrected chi connectivity index (χ3v) is 2.85. The summed E-state index contributed by atoms with van der Waals surface area (Å²) in [5.41, 5.74) is 0.0397. The molecule has 100 valence electrons. The van der Waals surface area contributed by atoms with Gasteiger partial charge < -0.3 is 4.74 Å². The van der Waals surface area contributed by atoms with Crippen LogP contribution in [0.1, 0.15) is 46.0 Å². The van der Waals surface area contributed by atoms with Crippen molar-refractivity contribution in [2.75, 3.05) is 0 Å². The average Bonchev–Trinajstić information content (AvgIpc) is 2.35. The smallest absolute Gasteiger partial charge is 0.310 e.